The molecule has 1 aliphatic heterocycles. The lowest BCUT2D eigenvalue weighted by Crippen LogP contribution is -2.01. The van der Waals surface area contributed by atoms with E-state index in [2.05, 4.69) is 0 Å². The van der Waals surface area contributed by atoms with Gasteiger partial charge in [0.2, 0.25) is 0 Å². The third-order valence-electron chi connectivity index (χ3n) is 1.63. The molecule has 0 aromatic carbocycles. The van der Waals surface area contributed by atoms with E-state index in [9.17, 15) is 4.79 Å². The predicted molar refractivity (Wildman–Crippen MR) is 43.3 cm³/mol. The minimum atomic E-state index is -0.187. The molecular formula is C9H6O3. The maximum absolute atomic E-state index is 11.1. The van der Waals surface area contributed by atoms with Crippen LogP contribution in [-0.4, -0.2) is 5.11 Å². The third kappa shape index (κ3) is 0.955. The van der Waals surface area contributed by atoms with Crippen LogP contribution in [0.1, 0.15) is 0 Å². The summed E-state index contributed by atoms with van der Waals surface area (Å²) in [5, 5.41) is 8.95. The van der Waals surface area contributed by atoms with Gasteiger partial charge in [0, 0.05) is 6.07 Å². The van der Waals surface area contributed by atoms with Gasteiger partial charge in [0.1, 0.15) is 5.76 Å². The van der Waals surface area contributed by atoms with E-state index in [0.29, 0.717) is 11.3 Å². The normalized spacial score (nSPS) is 10.3. The van der Waals surface area contributed by atoms with Crippen molar-refractivity contribution in [3.63, 3.8) is 0 Å². The molecule has 1 aliphatic carbocycles. The van der Waals surface area contributed by atoms with Crippen molar-refractivity contribution in [2.24, 2.45) is 0 Å². The number of benzene rings is 1. The van der Waals surface area contributed by atoms with E-state index in [1.54, 1.807) is 12.1 Å². The molecule has 2 rings (SSSR count). The van der Waals surface area contributed by atoms with Gasteiger partial charge < -0.3 is 9.52 Å². The zero-order valence-electron chi connectivity index (χ0n) is 6.15. The highest BCUT2D eigenvalue weighted by atomic mass is 16.5. The molecule has 3 heteroatoms. The van der Waals surface area contributed by atoms with Gasteiger partial charge in [0.25, 0.3) is 5.95 Å². The largest absolute Gasteiger partial charge is 0.481 e. The number of fused-ring (bicyclic) bond motifs is 1. The summed E-state index contributed by atoms with van der Waals surface area (Å²) in [5.74, 6) is 0.218. The Hall–Kier alpha value is -1.77. The molecule has 0 aromatic heterocycles. The van der Waals surface area contributed by atoms with Crippen LogP contribution >= 0.6 is 0 Å². The van der Waals surface area contributed by atoms with Crippen LogP contribution in [-0.2, 0) is 0 Å². The van der Waals surface area contributed by atoms with Gasteiger partial charge in [0.15, 0.2) is 5.43 Å². The van der Waals surface area contributed by atoms with Gasteiger partial charge in [-0.2, -0.15) is 0 Å². The Kier molecular flexibility index (Phi) is 1.37. The fourth-order valence-electron chi connectivity index (χ4n) is 1.08. The first kappa shape index (κ1) is 6.91. The van der Waals surface area contributed by atoms with Crippen LogP contribution < -0.4 is 5.43 Å². The highest BCUT2D eigenvalue weighted by Crippen LogP contribution is 2.21. The first-order chi connectivity index (χ1) is 5.77. The smallest absolute Gasteiger partial charge is 0.282 e. The molecule has 0 aromatic rings. The quantitative estimate of drug-likeness (QED) is 0.637. The van der Waals surface area contributed by atoms with E-state index < -0.39 is 0 Å². The molecule has 0 radical (unpaired) electrons. The van der Waals surface area contributed by atoms with Gasteiger partial charge in [-0.05, 0) is 18.2 Å². The fraction of sp³-hybridized carbons (Fsp3) is 0. The van der Waals surface area contributed by atoms with Crippen LogP contribution in [0.2, 0.25) is 0 Å². The molecule has 0 fully saturated rings. The zero-order chi connectivity index (χ0) is 8.55. The Morgan fingerprint density at radius 3 is 2.83 bits per heavy atom. The summed E-state index contributed by atoms with van der Waals surface area (Å²) in [6, 6.07) is 7.57. The lowest BCUT2D eigenvalue weighted by molar-refractivity contribution is 0.328. The molecule has 0 spiro atoms. The highest BCUT2D eigenvalue weighted by Gasteiger charge is 2.06. The standard InChI is InChI=1S/C9H6O3/c10-7-2-1-3-8-6(7)4-5-9(11)12-8/h1-5,11H. The number of hydrogen-bond donors (Lipinski definition) is 1. The summed E-state index contributed by atoms with van der Waals surface area (Å²) < 4.78 is 4.90. The molecule has 0 bridgehead atoms. The average Bonchev–Trinajstić information content (AvgIpc) is 2.04. The SMILES string of the molecule is O=c1cccc2oc(O)ccc1-2. The fourth-order valence-corrected chi connectivity index (χ4v) is 1.08. The lowest BCUT2D eigenvalue weighted by Gasteiger charge is -2.01. The summed E-state index contributed by atoms with van der Waals surface area (Å²) in [6.07, 6.45) is 0. The van der Waals surface area contributed by atoms with Gasteiger partial charge in [-0.25, -0.2) is 0 Å². The van der Waals surface area contributed by atoms with Crippen molar-refractivity contribution in [2.45, 2.75) is 0 Å². The predicted octanol–water partition coefficient (Wildman–Crippen LogP) is 1.45. The maximum Gasteiger partial charge on any atom is 0.282 e. The summed E-state index contributed by atoms with van der Waals surface area (Å²) in [7, 11) is 0. The molecule has 12 heavy (non-hydrogen) atoms. The van der Waals surface area contributed by atoms with Gasteiger partial charge in [-0.3, -0.25) is 4.79 Å². The topological polar surface area (TPSA) is 50.4 Å². The second kappa shape index (κ2) is 2.37. The van der Waals surface area contributed by atoms with Crippen molar-refractivity contribution in [1.82, 2.24) is 0 Å². The van der Waals surface area contributed by atoms with Gasteiger partial charge in [0.05, 0.1) is 5.56 Å². The number of aromatic hydroxyl groups is 1. The molecule has 0 unspecified atom stereocenters. The molecule has 1 heterocycles. The average molecular weight is 162 g/mol. The van der Waals surface area contributed by atoms with Crippen molar-refractivity contribution in [3.8, 4) is 17.3 Å². The van der Waals surface area contributed by atoms with Crippen molar-refractivity contribution >= 4 is 0 Å². The number of rotatable bonds is 0. The Morgan fingerprint density at radius 1 is 1.17 bits per heavy atom. The summed E-state index contributed by atoms with van der Waals surface area (Å²) >= 11 is 0. The van der Waals surface area contributed by atoms with Crippen molar-refractivity contribution < 1.29 is 9.52 Å². The van der Waals surface area contributed by atoms with Crippen molar-refractivity contribution in [2.75, 3.05) is 0 Å². The molecule has 3 nitrogen and oxygen atoms in total. The molecule has 0 atom stereocenters. The lowest BCUT2D eigenvalue weighted by atomic mass is 10.1. The van der Waals surface area contributed by atoms with E-state index in [4.69, 9.17) is 9.52 Å². The van der Waals surface area contributed by atoms with E-state index >= 15 is 0 Å². The summed E-state index contributed by atoms with van der Waals surface area (Å²) in [5.41, 5.74) is 0.381. The van der Waals surface area contributed by atoms with Crippen LogP contribution in [0.5, 0.6) is 5.95 Å². The molecule has 0 saturated heterocycles. The Bertz CT molecular complexity index is 430. The molecule has 60 valence electrons. The molecule has 1 N–H and O–H groups in total. The van der Waals surface area contributed by atoms with E-state index in [1.807, 2.05) is 0 Å². The van der Waals surface area contributed by atoms with Crippen LogP contribution in [0, 0.1) is 0 Å². The molecular weight excluding hydrogens is 156 g/mol. The van der Waals surface area contributed by atoms with Crippen LogP contribution in [0.15, 0.2) is 39.5 Å². The zero-order valence-corrected chi connectivity index (χ0v) is 6.15. The van der Waals surface area contributed by atoms with Crippen molar-refractivity contribution in [3.05, 3.63) is 40.6 Å². The van der Waals surface area contributed by atoms with Gasteiger partial charge >= 0.3 is 0 Å². The summed E-state index contributed by atoms with van der Waals surface area (Å²) in [4.78, 5) is 11.1. The second-order valence-corrected chi connectivity index (χ2v) is 2.44. The minimum Gasteiger partial charge on any atom is -0.481 e. The van der Waals surface area contributed by atoms with Gasteiger partial charge in [-0.15, -0.1) is 0 Å². The van der Waals surface area contributed by atoms with Crippen molar-refractivity contribution in [1.29, 1.82) is 0 Å². The molecule has 0 saturated carbocycles. The van der Waals surface area contributed by atoms with Crippen LogP contribution in [0.4, 0.5) is 0 Å². The van der Waals surface area contributed by atoms with Gasteiger partial charge in [-0.1, -0.05) is 6.07 Å². The molecule has 2 aliphatic rings. The summed E-state index contributed by atoms with van der Waals surface area (Å²) in [6.45, 7) is 0. The van der Waals surface area contributed by atoms with E-state index in [-0.39, 0.29) is 11.4 Å². The van der Waals surface area contributed by atoms with E-state index in [1.165, 1.54) is 18.2 Å². The van der Waals surface area contributed by atoms with E-state index in [0.717, 1.165) is 0 Å². The first-order valence-electron chi connectivity index (χ1n) is 3.49. The Morgan fingerprint density at radius 2 is 2.00 bits per heavy atom. The maximum atomic E-state index is 11.1. The second-order valence-electron chi connectivity index (χ2n) is 2.44. The third-order valence-corrected chi connectivity index (χ3v) is 1.63. The van der Waals surface area contributed by atoms with Crippen LogP contribution in [0.25, 0.3) is 11.3 Å². The Balaban J connectivity index is 2.86. The monoisotopic (exact) mass is 162 g/mol. The molecule has 0 amide bonds. The number of hydrogen-bond acceptors (Lipinski definition) is 3. The van der Waals surface area contributed by atoms with Crippen LogP contribution in [0.3, 0.4) is 0 Å². The minimum absolute atomic E-state index is 0.101. The highest BCUT2D eigenvalue weighted by molar-refractivity contribution is 5.58. The Labute approximate surface area is 68.2 Å². The first-order valence-corrected chi connectivity index (χ1v) is 3.49.